The summed E-state index contributed by atoms with van der Waals surface area (Å²) in [7, 11) is 0. The predicted molar refractivity (Wildman–Crippen MR) is 176 cm³/mol. The Hall–Kier alpha value is -4.24. The molecule has 0 aromatic heterocycles. The second-order valence-electron chi connectivity index (χ2n) is 13.9. The average Bonchev–Trinajstić information content (AvgIpc) is 2.99. The minimum atomic E-state index is -0.958. The number of ether oxygens (including phenoxy) is 5. The van der Waals surface area contributed by atoms with E-state index in [0.717, 1.165) is 12.8 Å². The largest absolute Gasteiger partial charge is 0.481 e. The van der Waals surface area contributed by atoms with Gasteiger partial charge in [-0.3, -0.25) is 4.79 Å². The number of aliphatic carboxylic acids is 1. The van der Waals surface area contributed by atoms with Crippen LogP contribution in [0.1, 0.15) is 92.4 Å². The summed E-state index contributed by atoms with van der Waals surface area (Å²) in [5, 5.41) is 20.2. The Balaban J connectivity index is 1.66. The lowest BCUT2D eigenvalue weighted by Gasteiger charge is -2.38. The number of amides is 4. The maximum Gasteiger partial charge on any atom is 0.407 e. The second-order valence-corrected chi connectivity index (χ2v) is 13.9. The molecule has 2 aliphatic carbocycles. The van der Waals surface area contributed by atoms with Gasteiger partial charge < -0.3 is 50.1 Å². The van der Waals surface area contributed by atoms with E-state index in [1.54, 1.807) is 13.8 Å². The van der Waals surface area contributed by atoms with Crippen LogP contribution in [0.3, 0.4) is 0 Å². The number of hydrogen-bond acceptors (Lipinski definition) is 11. The van der Waals surface area contributed by atoms with E-state index in [1.807, 2.05) is 13.8 Å². The molecule has 4 unspecified atom stereocenters. The number of nitrogens with one attached hydrogen (secondary N) is 4. The van der Waals surface area contributed by atoms with Crippen LogP contribution in [-0.2, 0) is 33.3 Å². The molecule has 278 valence electrons. The topological polar surface area (TPSA) is 217 Å². The highest BCUT2D eigenvalue weighted by molar-refractivity contribution is 5.86. The molecule has 4 amide bonds. The Morgan fingerprint density at radius 2 is 1.14 bits per heavy atom. The molecule has 0 heterocycles. The highest BCUT2D eigenvalue weighted by Gasteiger charge is 2.36. The third-order valence-electron chi connectivity index (χ3n) is 8.33. The van der Waals surface area contributed by atoms with E-state index in [0.29, 0.717) is 38.5 Å². The fourth-order valence-electron chi connectivity index (χ4n) is 5.88. The SMILES string of the molecule is C=C(C)C(=O)OCCOC(=O)N[C@]1(C)CCCC(NC(=O)OCC(C)COC(=O)N[C@]2(C)CCCC(NC(=O)OCC(C)CC(=O)O)C2)C1. The summed E-state index contributed by atoms with van der Waals surface area (Å²) >= 11 is 0. The highest BCUT2D eigenvalue weighted by Crippen LogP contribution is 2.29. The van der Waals surface area contributed by atoms with Gasteiger partial charge in [-0.2, -0.15) is 0 Å². The Labute approximate surface area is 287 Å². The summed E-state index contributed by atoms with van der Waals surface area (Å²) in [5.41, 5.74) is -0.988. The summed E-state index contributed by atoms with van der Waals surface area (Å²) in [4.78, 5) is 71.8. The van der Waals surface area contributed by atoms with Crippen LogP contribution in [0.25, 0.3) is 0 Å². The zero-order valence-corrected chi connectivity index (χ0v) is 29.4. The molecule has 0 aromatic carbocycles. The quantitative estimate of drug-likeness (QED) is 0.0665. The first kappa shape index (κ1) is 40.9. The smallest absolute Gasteiger partial charge is 0.407 e. The van der Waals surface area contributed by atoms with Crippen molar-refractivity contribution in [2.45, 2.75) is 116 Å². The van der Waals surface area contributed by atoms with E-state index in [4.69, 9.17) is 28.8 Å². The summed E-state index contributed by atoms with van der Waals surface area (Å²) in [6.45, 7) is 12.0. The van der Waals surface area contributed by atoms with Crippen molar-refractivity contribution in [3.8, 4) is 0 Å². The number of rotatable bonds is 16. The van der Waals surface area contributed by atoms with Crippen molar-refractivity contribution in [3.63, 3.8) is 0 Å². The van der Waals surface area contributed by atoms with Crippen LogP contribution < -0.4 is 21.3 Å². The summed E-state index contributed by atoms with van der Waals surface area (Å²) in [5.74, 6) is -2.11. The molecule has 0 saturated heterocycles. The van der Waals surface area contributed by atoms with Crippen LogP contribution in [0.5, 0.6) is 0 Å². The van der Waals surface area contributed by atoms with Crippen LogP contribution in [0.4, 0.5) is 19.2 Å². The molecule has 5 N–H and O–H groups in total. The van der Waals surface area contributed by atoms with E-state index < -0.39 is 47.4 Å². The maximum atomic E-state index is 12.6. The first-order valence-electron chi connectivity index (χ1n) is 16.8. The number of carboxylic acid groups (broad SMARTS) is 1. The Morgan fingerprint density at radius 3 is 1.61 bits per heavy atom. The normalized spacial score (nSPS) is 24.5. The van der Waals surface area contributed by atoms with Crippen molar-refractivity contribution in [1.29, 1.82) is 0 Å². The fraction of sp³-hybridized carbons (Fsp3) is 0.758. The van der Waals surface area contributed by atoms with Gasteiger partial charge in [0.05, 0.1) is 26.2 Å². The van der Waals surface area contributed by atoms with Crippen molar-refractivity contribution in [1.82, 2.24) is 21.3 Å². The van der Waals surface area contributed by atoms with Gasteiger partial charge in [-0.25, -0.2) is 24.0 Å². The molecule has 2 saturated carbocycles. The minimum absolute atomic E-state index is 0.00806. The zero-order chi connectivity index (χ0) is 36.6. The lowest BCUT2D eigenvalue weighted by atomic mass is 9.80. The number of alkyl carbamates (subject to hydrolysis) is 4. The molecule has 16 nitrogen and oxygen atoms in total. The second kappa shape index (κ2) is 19.7. The predicted octanol–water partition coefficient (Wildman–Crippen LogP) is 4.16. The number of hydrogen-bond donors (Lipinski definition) is 5. The van der Waals surface area contributed by atoms with Crippen molar-refractivity contribution in [3.05, 3.63) is 12.2 Å². The molecular formula is C33H54N4O12. The van der Waals surface area contributed by atoms with Crippen LogP contribution in [0.2, 0.25) is 0 Å². The van der Waals surface area contributed by atoms with Gasteiger partial charge >= 0.3 is 36.3 Å². The molecule has 0 aliphatic heterocycles. The third kappa shape index (κ3) is 16.6. The standard InChI is InChI=1S/C33H54N4O12/c1-21(2)27(40)45-13-14-46-30(43)36-32(5)11-7-9-24(16-32)35-29(42)48-19-23(4)20-49-31(44)37-33(6)12-8-10-25(17-33)34-28(41)47-18-22(3)15-26(38)39/h22-25H,1,7-20H2,2-6H3,(H,34,41)(H,35,42)(H,36,43)(H,37,44)(H,38,39)/t22?,23?,24?,25?,32-,33-/m1/s1. The average molecular weight is 699 g/mol. The van der Waals surface area contributed by atoms with Crippen LogP contribution in [-0.4, -0.2) is 97.6 Å². The number of carbonyl (C=O) groups excluding carboxylic acids is 5. The van der Waals surface area contributed by atoms with E-state index in [-0.39, 0.29) is 68.9 Å². The fourth-order valence-corrected chi connectivity index (χ4v) is 5.88. The third-order valence-corrected chi connectivity index (χ3v) is 8.33. The number of carboxylic acids is 1. The molecule has 0 spiro atoms. The summed E-state index contributed by atoms with van der Waals surface area (Å²) in [6, 6.07) is -0.471. The van der Waals surface area contributed by atoms with E-state index in [9.17, 15) is 28.8 Å². The van der Waals surface area contributed by atoms with E-state index in [1.165, 1.54) is 6.92 Å². The molecule has 0 aromatic rings. The van der Waals surface area contributed by atoms with Gasteiger partial charge in [0.2, 0.25) is 0 Å². The first-order valence-corrected chi connectivity index (χ1v) is 16.8. The van der Waals surface area contributed by atoms with Crippen molar-refractivity contribution in [2.75, 3.05) is 33.0 Å². The van der Waals surface area contributed by atoms with Crippen LogP contribution in [0, 0.1) is 11.8 Å². The highest BCUT2D eigenvalue weighted by atomic mass is 16.6. The van der Waals surface area contributed by atoms with Crippen molar-refractivity contribution < 1.29 is 57.6 Å². The number of esters is 1. The van der Waals surface area contributed by atoms with E-state index >= 15 is 0 Å². The van der Waals surface area contributed by atoms with Gasteiger partial charge in [0, 0.05) is 40.6 Å². The lowest BCUT2D eigenvalue weighted by molar-refractivity contribution is -0.140. The van der Waals surface area contributed by atoms with Gasteiger partial charge in [-0.1, -0.05) is 20.4 Å². The van der Waals surface area contributed by atoms with Gasteiger partial charge in [-0.05, 0) is 72.1 Å². The molecular weight excluding hydrogens is 644 g/mol. The molecule has 0 bridgehead atoms. The minimum Gasteiger partial charge on any atom is -0.481 e. The number of carbonyl (C=O) groups is 6. The van der Waals surface area contributed by atoms with Gasteiger partial charge in [0.1, 0.15) is 13.2 Å². The van der Waals surface area contributed by atoms with Gasteiger partial charge in [0.25, 0.3) is 0 Å². The Morgan fingerprint density at radius 1 is 0.714 bits per heavy atom. The van der Waals surface area contributed by atoms with Crippen LogP contribution in [0.15, 0.2) is 12.2 Å². The van der Waals surface area contributed by atoms with Crippen molar-refractivity contribution >= 4 is 36.3 Å². The zero-order valence-electron chi connectivity index (χ0n) is 29.4. The van der Waals surface area contributed by atoms with Gasteiger partial charge in [0.15, 0.2) is 0 Å². The molecule has 16 heteroatoms. The van der Waals surface area contributed by atoms with Gasteiger partial charge in [-0.15, -0.1) is 0 Å². The monoisotopic (exact) mass is 698 g/mol. The first-order chi connectivity index (χ1) is 23.0. The van der Waals surface area contributed by atoms with Crippen LogP contribution >= 0.6 is 0 Å². The lowest BCUT2D eigenvalue weighted by Crippen LogP contribution is -2.54. The molecule has 6 atom stereocenters. The Kier molecular flexibility index (Phi) is 16.4. The molecule has 2 aliphatic rings. The van der Waals surface area contributed by atoms with Crippen molar-refractivity contribution in [2.24, 2.45) is 11.8 Å². The molecule has 2 fully saturated rings. The maximum absolute atomic E-state index is 12.6. The Bertz CT molecular complexity index is 1180. The summed E-state index contributed by atoms with van der Waals surface area (Å²) < 4.78 is 25.9. The summed E-state index contributed by atoms with van der Waals surface area (Å²) in [6.07, 6.45) is 2.62. The molecule has 0 radical (unpaired) electrons. The molecule has 49 heavy (non-hydrogen) atoms. The molecule has 2 rings (SSSR count). The van der Waals surface area contributed by atoms with E-state index in [2.05, 4.69) is 27.8 Å².